The molecule has 3 aromatic rings. The van der Waals surface area contributed by atoms with Crippen molar-refractivity contribution in [1.82, 2.24) is 10.2 Å². The molecule has 2 amide bonds. The molecule has 3 rings (SSSR count). The van der Waals surface area contributed by atoms with Crippen LogP contribution in [-0.4, -0.2) is 51.4 Å². The summed E-state index contributed by atoms with van der Waals surface area (Å²) in [4.78, 5) is 28.5. The SMILES string of the molecule is CCNC(=O)C(CC)N(Cc1ccccc1)C(=O)CN(c1cc(C)ccc1OC)S(=O)(=O)c1ccccc1. The van der Waals surface area contributed by atoms with Gasteiger partial charge in [0.2, 0.25) is 11.8 Å². The molecule has 0 aliphatic rings. The van der Waals surface area contributed by atoms with Gasteiger partial charge in [-0.3, -0.25) is 13.9 Å². The molecule has 9 heteroatoms. The lowest BCUT2D eigenvalue weighted by molar-refractivity contribution is -0.140. The summed E-state index contributed by atoms with van der Waals surface area (Å²) in [6, 6.07) is 21.7. The second-order valence-electron chi connectivity index (χ2n) is 8.83. The van der Waals surface area contributed by atoms with E-state index in [0.29, 0.717) is 18.7 Å². The first kappa shape index (κ1) is 28.7. The van der Waals surface area contributed by atoms with Gasteiger partial charge in [0.05, 0.1) is 17.7 Å². The van der Waals surface area contributed by atoms with Crippen LogP contribution in [0, 0.1) is 6.92 Å². The lowest BCUT2D eigenvalue weighted by Gasteiger charge is -2.33. The Morgan fingerprint density at radius 2 is 1.58 bits per heavy atom. The highest BCUT2D eigenvalue weighted by molar-refractivity contribution is 7.92. The number of hydrogen-bond donors (Lipinski definition) is 1. The summed E-state index contributed by atoms with van der Waals surface area (Å²) in [6.45, 7) is 5.53. The molecule has 0 fully saturated rings. The number of carbonyl (C=O) groups excluding carboxylic acids is 2. The molecular formula is C29H35N3O5S. The van der Waals surface area contributed by atoms with E-state index >= 15 is 0 Å². The van der Waals surface area contributed by atoms with Crippen molar-refractivity contribution in [1.29, 1.82) is 0 Å². The molecule has 0 saturated heterocycles. The average Bonchev–Trinajstić information content (AvgIpc) is 2.92. The van der Waals surface area contributed by atoms with Crippen LogP contribution < -0.4 is 14.4 Å². The number of methoxy groups -OCH3 is 1. The number of benzene rings is 3. The normalized spacial score (nSPS) is 11.9. The van der Waals surface area contributed by atoms with Crippen LogP contribution >= 0.6 is 0 Å². The first-order chi connectivity index (χ1) is 18.2. The number of nitrogens with zero attached hydrogens (tertiary/aromatic N) is 2. The third kappa shape index (κ3) is 6.72. The van der Waals surface area contributed by atoms with Gasteiger partial charge in [-0.1, -0.05) is 61.5 Å². The second kappa shape index (κ2) is 13.1. The number of hydrogen-bond acceptors (Lipinski definition) is 5. The van der Waals surface area contributed by atoms with Crippen molar-refractivity contribution in [2.75, 3.05) is 24.5 Å². The molecular weight excluding hydrogens is 502 g/mol. The van der Waals surface area contributed by atoms with Crippen molar-refractivity contribution < 1.29 is 22.7 Å². The Morgan fingerprint density at radius 1 is 0.947 bits per heavy atom. The highest BCUT2D eigenvalue weighted by atomic mass is 32.2. The minimum Gasteiger partial charge on any atom is -0.495 e. The quantitative estimate of drug-likeness (QED) is 0.375. The van der Waals surface area contributed by atoms with Crippen molar-refractivity contribution in [3.05, 3.63) is 90.0 Å². The summed E-state index contributed by atoms with van der Waals surface area (Å²) in [7, 11) is -2.71. The van der Waals surface area contributed by atoms with Crippen molar-refractivity contribution in [3.63, 3.8) is 0 Å². The van der Waals surface area contributed by atoms with Gasteiger partial charge in [-0.05, 0) is 55.7 Å². The Kier molecular flexibility index (Phi) is 9.90. The Morgan fingerprint density at radius 3 is 2.16 bits per heavy atom. The van der Waals surface area contributed by atoms with Gasteiger partial charge in [-0.2, -0.15) is 0 Å². The van der Waals surface area contributed by atoms with Crippen LogP contribution in [0.1, 0.15) is 31.4 Å². The predicted molar refractivity (Wildman–Crippen MR) is 148 cm³/mol. The van der Waals surface area contributed by atoms with E-state index in [1.807, 2.05) is 51.1 Å². The maximum atomic E-state index is 14.0. The maximum Gasteiger partial charge on any atom is 0.264 e. The fourth-order valence-corrected chi connectivity index (χ4v) is 5.66. The van der Waals surface area contributed by atoms with E-state index in [0.717, 1.165) is 15.4 Å². The molecule has 0 heterocycles. The summed E-state index contributed by atoms with van der Waals surface area (Å²) in [5, 5.41) is 2.80. The number of ether oxygens (including phenoxy) is 1. The lowest BCUT2D eigenvalue weighted by atomic mass is 10.1. The third-order valence-corrected chi connectivity index (χ3v) is 7.92. The van der Waals surface area contributed by atoms with Gasteiger partial charge in [0, 0.05) is 13.1 Å². The standard InChI is InChI=1S/C29H35N3O5S/c1-5-25(29(34)30-6-2)31(20-23-13-9-7-10-14-23)28(33)21-32(26-19-22(3)17-18-27(26)37-4)38(35,36)24-15-11-8-12-16-24/h7-19,25H,5-6,20-21H2,1-4H3,(H,30,34). The number of amides is 2. The molecule has 8 nitrogen and oxygen atoms in total. The molecule has 0 aromatic heterocycles. The molecule has 0 bridgehead atoms. The van der Waals surface area contributed by atoms with Gasteiger partial charge in [-0.15, -0.1) is 0 Å². The molecule has 38 heavy (non-hydrogen) atoms. The number of sulfonamides is 1. The van der Waals surface area contributed by atoms with Gasteiger partial charge >= 0.3 is 0 Å². The summed E-state index contributed by atoms with van der Waals surface area (Å²) >= 11 is 0. The zero-order valence-electron chi connectivity index (χ0n) is 22.3. The molecule has 0 aliphatic heterocycles. The van der Waals surface area contributed by atoms with Crippen LogP contribution in [0.3, 0.4) is 0 Å². The Bertz CT molecular complexity index is 1330. The Labute approximate surface area is 225 Å². The van der Waals surface area contributed by atoms with Crippen LogP contribution in [-0.2, 0) is 26.2 Å². The topological polar surface area (TPSA) is 96.0 Å². The molecule has 0 radical (unpaired) electrons. The van der Waals surface area contributed by atoms with E-state index in [1.54, 1.807) is 36.4 Å². The highest BCUT2D eigenvalue weighted by Crippen LogP contribution is 2.33. The fraction of sp³-hybridized carbons (Fsp3) is 0.310. The molecule has 1 atom stereocenters. The van der Waals surface area contributed by atoms with Gasteiger partial charge < -0.3 is 15.0 Å². The van der Waals surface area contributed by atoms with Crippen molar-refractivity contribution >= 4 is 27.5 Å². The highest BCUT2D eigenvalue weighted by Gasteiger charge is 2.34. The summed E-state index contributed by atoms with van der Waals surface area (Å²) < 4.78 is 34.4. The first-order valence-electron chi connectivity index (χ1n) is 12.6. The number of likely N-dealkylation sites (N-methyl/N-ethyl adjacent to an activating group) is 1. The first-order valence-corrected chi connectivity index (χ1v) is 14.0. The number of carbonyl (C=O) groups is 2. The fourth-order valence-electron chi connectivity index (χ4n) is 4.22. The van der Waals surface area contributed by atoms with Gasteiger partial charge in [0.25, 0.3) is 10.0 Å². The zero-order chi connectivity index (χ0) is 27.7. The molecule has 0 spiro atoms. The van der Waals surface area contributed by atoms with Crippen LogP contribution in [0.5, 0.6) is 5.75 Å². The van der Waals surface area contributed by atoms with Gasteiger partial charge in [-0.25, -0.2) is 8.42 Å². The summed E-state index contributed by atoms with van der Waals surface area (Å²) in [6.07, 6.45) is 0.365. The smallest absolute Gasteiger partial charge is 0.264 e. The number of nitrogens with one attached hydrogen (secondary N) is 1. The molecule has 0 aliphatic carbocycles. The second-order valence-corrected chi connectivity index (χ2v) is 10.7. The van der Waals surface area contributed by atoms with Crippen LogP contribution in [0.2, 0.25) is 0 Å². The predicted octanol–water partition coefficient (Wildman–Crippen LogP) is 4.14. The van der Waals surface area contributed by atoms with Crippen molar-refractivity contribution in [2.45, 2.75) is 44.7 Å². The van der Waals surface area contributed by atoms with Crippen LogP contribution in [0.15, 0.2) is 83.8 Å². The zero-order valence-corrected chi connectivity index (χ0v) is 23.1. The van der Waals surface area contributed by atoms with E-state index in [2.05, 4.69) is 5.32 Å². The Hall–Kier alpha value is -3.85. The third-order valence-electron chi connectivity index (χ3n) is 6.15. The van der Waals surface area contributed by atoms with Crippen molar-refractivity contribution in [2.24, 2.45) is 0 Å². The van der Waals surface area contributed by atoms with Crippen LogP contribution in [0.4, 0.5) is 5.69 Å². The summed E-state index contributed by atoms with van der Waals surface area (Å²) in [5.41, 5.74) is 1.88. The van der Waals surface area contributed by atoms with E-state index < -0.39 is 28.5 Å². The van der Waals surface area contributed by atoms with E-state index in [4.69, 9.17) is 4.74 Å². The molecule has 1 unspecified atom stereocenters. The average molecular weight is 538 g/mol. The maximum absolute atomic E-state index is 14.0. The monoisotopic (exact) mass is 537 g/mol. The van der Waals surface area contributed by atoms with Gasteiger partial charge in [0.15, 0.2) is 0 Å². The number of rotatable bonds is 12. The largest absolute Gasteiger partial charge is 0.495 e. The molecule has 3 aromatic carbocycles. The van der Waals surface area contributed by atoms with Crippen LogP contribution in [0.25, 0.3) is 0 Å². The molecule has 1 N–H and O–H groups in total. The van der Waals surface area contributed by atoms with Crippen molar-refractivity contribution in [3.8, 4) is 5.75 Å². The Balaban J connectivity index is 2.11. The number of anilines is 1. The molecule has 0 saturated carbocycles. The number of aryl methyl sites for hydroxylation is 1. The minimum absolute atomic E-state index is 0.0433. The minimum atomic E-state index is -4.16. The molecule has 202 valence electrons. The lowest BCUT2D eigenvalue weighted by Crippen LogP contribution is -2.52. The van der Waals surface area contributed by atoms with E-state index in [-0.39, 0.29) is 23.0 Å². The van der Waals surface area contributed by atoms with E-state index in [9.17, 15) is 18.0 Å². The van der Waals surface area contributed by atoms with E-state index in [1.165, 1.54) is 24.1 Å². The summed E-state index contributed by atoms with van der Waals surface area (Å²) in [5.74, 6) is -0.479. The van der Waals surface area contributed by atoms with Gasteiger partial charge in [0.1, 0.15) is 18.3 Å².